The molecule has 1 aromatic rings. The van der Waals surface area contributed by atoms with E-state index in [4.69, 9.17) is 11.6 Å². The number of ether oxygens (including phenoxy) is 1. The number of nitrogens with one attached hydrogen (secondary N) is 2. The van der Waals surface area contributed by atoms with E-state index in [9.17, 15) is 4.79 Å². The Bertz CT molecular complexity index is 431. The molecule has 0 radical (unpaired) electrons. The van der Waals surface area contributed by atoms with Gasteiger partial charge in [-0.1, -0.05) is 11.6 Å². The van der Waals surface area contributed by atoms with E-state index in [2.05, 4.69) is 15.4 Å². The highest BCUT2D eigenvalue weighted by atomic mass is 35.5. The van der Waals surface area contributed by atoms with Gasteiger partial charge in [0.25, 0.3) is 0 Å². The molecule has 1 saturated heterocycles. The van der Waals surface area contributed by atoms with Crippen molar-refractivity contribution in [3.8, 4) is 0 Å². The quantitative estimate of drug-likeness (QED) is 0.822. The minimum Gasteiger partial charge on any atom is -0.465 e. The van der Waals surface area contributed by atoms with E-state index in [1.165, 1.54) is 13.5 Å². The molecular formula is C13H17ClN2O2. The van der Waals surface area contributed by atoms with Crippen molar-refractivity contribution in [3.05, 3.63) is 28.8 Å². The van der Waals surface area contributed by atoms with E-state index in [-0.39, 0.29) is 5.97 Å². The van der Waals surface area contributed by atoms with Crippen LogP contribution in [-0.2, 0) is 4.74 Å². The molecule has 0 spiro atoms. The lowest BCUT2D eigenvalue weighted by Gasteiger charge is -2.13. The summed E-state index contributed by atoms with van der Waals surface area (Å²) in [5.74, 6) is 0.264. The van der Waals surface area contributed by atoms with Crippen LogP contribution in [0.3, 0.4) is 0 Å². The number of esters is 1. The van der Waals surface area contributed by atoms with Crippen LogP contribution in [0, 0.1) is 5.92 Å². The molecule has 0 aliphatic carbocycles. The fourth-order valence-corrected chi connectivity index (χ4v) is 2.23. The second-order valence-corrected chi connectivity index (χ2v) is 4.83. The summed E-state index contributed by atoms with van der Waals surface area (Å²) >= 11 is 6.10. The molecule has 1 aliphatic heterocycles. The first-order chi connectivity index (χ1) is 8.70. The summed E-state index contributed by atoms with van der Waals surface area (Å²) in [6, 6.07) is 5.11. The second kappa shape index (κ2) is 6.07. The van der Waals surface area contributed by atoms with Crippen LogP contribution in [0.5, 0.6) is 0 Å². The van der Waals surface area contributed by atoms with E-state index in [1.54, 1.807) is 18.2 Å². The third kappa shape index (κ3) is 3.15. The second-order valence-electron chi connectivity index (χ2n) is 4.43. The number of benzene rings is 1. The Labute approximate surface area is 112 Å². The van der Waals surface area contributed by atoms with Crippen molar-refractivity contribution in [3.63, 3.8) is 0 Å². The van der Waals surface area contributed by atoms with Gasteiger partial charge in [-0.15, -0.1) is 0 Å². The Morgan fingerprint density at radius 2 is 2.44 bits per heavy atom. The maximum absolute atomic E-state index is 11.4. The van der Waals surface area contributed by atoms with Crippen molar-refractivity contribution in [2.45, 2.75) is 6.42 Å². The topological polar surface area (TPSA) is 50.4 Å². The van der Waals surface area contributed by atoms with Crippen molar-refractivity contribution in [1.29, 1.82) is 0 Å². The van der Waals surface area contributed by atoms with E-state index >= 15 is 0 Å². The van der Waals surface area contributed by atoms with Crippen LogP contribution < -0.4 is 10.6 Å². The van der Waals surface area contributed by atoms with Gasteiger partial charge in [-0.25, -0.2) is 4.79 Å². The fraction of sp³-hybridized carbons (Fsp3) is 0.462. The Morgan fingerprint density at radius 3 is 3.11 bits per heavy atom. The summed E-state index contributed by atoms with van der Waals surface area (Å²) in [4.78, 5) is 11.4. The minimum absolute atomic E-state index is 0.350. The van der Waals surface area contributed by atoms with Gasteiger partial charge in [-0.05, 0) is 43.6 Å². The third-order valence-electron chi connectivity index (χ3n) is 3.13. The highest BCUT2D eigenvalue weighted by molar-refractivity contribution is 6.33. The number of carbonyl (C=O) groups is 1. The molecule has 2 N–H and O–H groups in total. The molecule has 1 fully saturated rings. The van der Waals surface area contributed by atoms with Gasteiger partial charge in [0.1, 0.15) is 0 Å². The fourth-order valence-electron chi connectivity index (χ4n) is 2.05. The van der Waals surface area contributed by atoms with E-state index in [0.29, 0.717) is 16.5 Å². The highest BCUT2D eigenvalue weighted by Crippen LogP contribution is 2.24. The highest BCUT2D eigenvalue weighted by Gasteiger charge is 2.15. The monoisotopic (exact) mass is 268 g/mol. The summed E-state index contributed by atoms with van der Waals surface area (Å²) in [6.07, 6.45) is 1.17. The predicted molar refractivity (Wildman–Crippen MR) is 72.3 cm³/mol. The minimum atomic E-state index is -0.350. The Balaban J connectivity index is 2.03. The largest absolute Gasteiger partial charge is 0.465 e. The van der Waals surface area contributed by atoms with Crippen LogP contribution in [0.15, 0.2) is 18.2 Å². The predicted octanol–water partition coefficient (Wildman–Crippen LogP) is 2.15. The van der Waals surface area contributed by atoms with Gasteiger partial charge in [0, 0.05) is 6.54 Å². The lowest BCUT2D eigenvalue weighted by molar-refractivity contribution is 0.0601. The third-order valence-corrected chi connectivity index (χ3v) is 3.46. The molecule has 18 heavy (non-hydrogen) atoms. The number of hydrogen-bond acceptors (Lipinski definition) is 4. The molecular weight excluding hydrogens is 252 g/mol. The zero-order valence-electron chi connectivity index (χ0n) is 10.3. The van der Waals surface area contributed by atoms with Crippen molar-refractivity contribution < 1.29 is 9.53 Å². The number of halogens is 1. The number of methoxy groups -OCH3 is 1. The first-order valence-corrected chi connectivity index (χ1v) is 6.41. The summed E-state index contributed by atoms with van der Waals surface area (Å²) in [6.45, 7) is 2.96. The van der Waals surface area contributed by atoms with Gasteiger partial charge in [-0.3, -0.25) is 0 Å². The van der Waals surface area contributed by atoms with Gasteiger partial charge in [0.15, 0.2) is 0 Å². The van der Waals surface area contributed by atoms with Crippen LogP contribution >= 0.6 is 11.6 Å². The molecule has 0 bridgehead atoms. The molecule has 1 atom stereocenters. The van der Waals surface area contributed by atoms with Crippen molar-refractivity contribution in [2.75, 3.05) is 32.1 Å². The molecule has 1 heterocycles. The molecule has 2 rings (SSSR count). The number of anilines is 1. The summed E-state index contributed by atoms with van der Waals surface area (Å²) < 4.78 is 4.69. The van der Waals surface area contributed by atoms with Gasteiger partial charge in [0.05, 0.1) is 23.4 Å². The maximum atomic E-state index is 11.4. The molecule has 1 unspecified atom stereocenters. The lowest BCUT2D eigenvalue weighted by Crippen LogP contribution is -2.17. The standard InChI is InChI=1S/C13H17ClN2O2/c1-18-13(17)10-2-3-11(14)12(6-10)16-8-9-4-5-15-7-9/h2-3,6,9,15-16H,4-5,7-8H2,1H3. The zero-order valence-corrected chi connectivity index (χ0v) is 11.1. The average Bonchev–Trinajstić information content (AvgIpc) is 2.90. The average molecular weight is 269 g/mol. The first-order valence-electron chi connectivity index (χ1n) is 6.03. The lowest BCUT2D eigenvalue weighted by atomic mass is 10.1. The Kier molecular flexibility index (Phi) is 4.44. The maximum Gasteiger partial charge on any atom is 0.337 e. The van der Waals surface area contributed by atoms with Crippen LogP contribution in [0.2, 0.25) is 5.02 Å². The molecule has 1 aliphatic rings. The smallest absolute Gasteiger partial charge is 0.337 e. The zero-order chi connectivity index (χ0) is 13.0. The number of carbonyl (C=O) groups excluding carboxylic acids is 1. The molecule has 0 saturated carbocycles. The molecule has 0 amide bonds. The van der Waals surface area contributed by atoms with Crippen LogP contribution in [0.4, 0.5) is 5.69 Å². The SMILES string of the molecule is COC(=O)c1ccc(Cl)c(NCC2CCNC2)c1. The van der Waals surface area contributed by atoms with Crippen LogP contribution in [-0.4, -0.2) is 32.7 Å². The molecule has 1 aromatic carbocycles. The molecule has 4 nitrogen and oxygen atoms in total. The van der Waals surface area contributed by atoms with Crippen molar-refractivity contribution in [1.82, 2.24) is 5.32 Å². The molecule has 0 aromatic heterocycles. The normalized spacial score (nSPS) is 18.7. The van der Waals surface area contributed by atoms with Crippen LogP contribution in [0.25, 0.3) is 0 Å². The summed E-state index contributed by atoms with van der Waals surface area (Å²) in [5.41, 5.74) is 1.29. The number of rotatable bonds is 4. The van der Waals surface area contributed by atoms with Crippen molar-refractivity contribution >= 4 is 23.3 Å². The molecule has 5 heteroatoms. The van der Waals surface area contributed by atoms with Gasteiger partial charge in [0.2, 0.25) is 0 Å². The Morgan fingerprint density at radius 1 is 1.61 bits per heavy atom. The van der Waals surface area contributed by atoms with Gasteiger partial charge in [-0.2, -0.15) is 0 Å². The van der Waals surface area contributed by atoms with Gasteiger partial charge >= 0.3 is 5.97 Å². The molecule has 98 valence electrons. The van der Waals surface area contributed by atoms with Crippen LogP contribution in [0.1, 0.15) is 16.8 Å². The first kappa shape index (κ1) is 13.2. The van der Waals surface area contributed by atoms with E-state index < -0.39 is 0 Å². The number of hydrogen-bond donors (Lipinski definition) is 2. The van der Waals surface area contributed by atoms with Crippen molar-refractivity contribution in [2.24, 2.45) is 5.92 Å². The Hall–Kier alpha value is -1.26. The van der Waals surface area contributed by atoms with Gasteiger partial charge < -0.3 is 15.4 Å². The van der Waals surface area contributed by atoms with E-state index in [0.717, 1.165) is 25.3 Å². The summed E-state index contributed by atoms with van der Waals surface area (Å²) in [5, 5.41) is 7.23. The van der Waals surface area contributed by atoms with E-state index in [1.807, 2.05) is 0 Å². The summed E-state index contributed by atoms with van der Waals surface area (Å²) in [7, 11) is 1.37.